The second-order valence-corrected chi connectivity index (χ2v) is 5.52. The van der Waals surface area contributed by atoms with Crippen LogP contribution in [-0.4, -0.2) is 11.8 Å². The maximum absolute atomic E-state index is 12.0. The van der Waals surface area contributed by atoms with Crippen molar-refractivity contribution in [2.45, 2.75) is 39.5 Å². The number of imide groups is 1. The molecular formula is C14H16BrNO2. The largest absolute Gasteiger partial charge is 0.274 e. The molecule has 1 aromatic carbocycles. The molecule has 0 aromatic heterocycles. The molecule has 1 aliphatic heterocycles. The van der Waals surface area contributed by atoms with Gasteiger partial charge in [-0.05, 0) is 49.9 Å². The Kier molecular flexibility index (Phi) is 3.85. The van der Waals surface area contributed by atoms with Crippen LogP contribution in [0.25, 0.3) is 0 Å². The Morgan fingerprint density at radius 1 is 1.00 bits per heavy atom. The molecule has 3 nitrogen and oxygen atoms in total. The summed E-state index contributed by atoms with van der Waals surface area (Å²) in [6.07, 6.45) is 2.52. The molecular weight excluding hydrogens is 294 g/mol. The first kappa shape index (κ1) is 13.3. The van der Waals surface area contributed by atoms with Gasteiger partial charge in [0, 0.05) is 17.3 Å². The Morgan fingerprint density at radius 2 is 1.44 bits per heavy atom. The minimum atomic E-state index is -0.0846. The highest BCUT2D eigenvalue weighted by Gasteiger charge is 2.26. The van der Waals surface area contributed by atoms with Gasteiger partial charge in [-0.15, -0.1) is 0 Å². The number of nitrogens with zero attached hydrogens (tertiary/aromatic N) is 1. The van der Waals surface area contributed by atoms with Crippen molar-refractivity contribution in [3.05, 3.63) is 27.7 Å². The second-order valence-electron chi connectivity index (χ2n) is 4.72. The zero-order chi connectivity index (χ0) is 13.3. The van der Waals surface area contributed by atoms with E-state index in [0.29, 0.717) is 18.5 Å². The molecule has 4 heteroatoms. The van der Waals surface area contributed by atoms with Gasteiger partial charge in [0.25, 0.3) is 0 Å². The van der Waals surface area contributed by atoms with Gasteiger partial charge in [0.05, 0.1) is 5.69 Å². The number of halogens is 1. The van der Waals surface area contributed by atoms with Crippen LogP contribution in [-0.2, 0) is 9.59 Å². The number of hydrogen-bond donors (Lipinski definition) is 0. The Labute approximate surface area is 115 Å². The molecule has 2 amide bonds. The minimum Gasteiger partial charge on any atom is -0.274 e. The molecule has 0 spiro atoms. The first-order valence-corrected chi connectivity index (χ1v) is 6.92. The molecule has 2 rings (SSSR count). The fourth-order valence-electron chi connectivity index (χ4n) is 2.26. The summed E-state index contributed by atoms with van der Waals surface area (Å²) >= 11 is 3.49. The first-order chi connectivity index (χ1) is 8.50. The van der Waals surface area contributed by atoms with Crippen LogP contribution in [0.4, 0.5) is 5.69 Å². The molecule has 1 heterocycles. The van der Waals surface area contributed by atoms with E-state index in [2.05, 4.69) is 15.9 Å². The summed E-state index contributed by atoms with van der Waals surface area (Å²) in [5.41, 5.74) is 2.77. The van der Waals surface area contributed by atoms with Crippen LogP contribution >= 0.6 is 15.9 Å². The van der Waals surface area contributed by atoms with E-state index >= 15 is 0 Å². The van der Waals surface area contributed by atoms with Crippen LogP contribution in [0.5, 0.6) is 0 Å². The monoisotopic (exact) mass is 309 g/mol. The van der Waals surface area contributed by atoms with Crippen molar-refractivity contribution in [3.63, 3.8) is 0 Å². The molecule has 0 unspecified atom stereocenters. The Bertz CT molecular complexity index is 470. The highest BCUT2D eigenvalue weighted by Crippen LogP contribution is 2.29. The Balaban J connectivity index is 2.45. The fourth-order valence-corrected chi connectivity index (χ4v) is 2.48. The summed E-state index contributed by atoms with van der Waals surface area (Å²) in [5, 5.41) is 0. The summed E-state index contributed by atoms with van der Waals surface area (Å²) in [6.45, 7) is 3.93. The zero-order valence-corrected chi connectivity index (χ0v) is 12.2. The van der Waals surface area contributed by atoms with Crippen LogP contribution in [0, 0.1) is 13.8 Å². The fraction of sp³-hybridized carbons (Fsp3) is 0.429. The molecule has 0 saturated carbocycles. The average molecular weight is 310 g/mol. The summed E-state index contributed by atoms with van der Waals surface area (Å²) < 4.78 is 1.03. The van der Waals surface area contributed by atoms with Gasteiger partial charge in [-0.25, -0.2) is 0 Å². The van der Waals surface area contributed by atoms with E-state index in [4.69, 9.17) is 0 Å². The van der Waals surface area contributed by atoms with Crippen LogP contribution < -0.4 is 4.90 Å². The van der Waals surface area contributed by atoms with Crippen molar-refractivity contribution >= 4 is 33.4 Å². The number of hydrogen-bond acceptors (Lipinski definition) is 2. The molecule has 0 atom stereocenters. The number of aryl methyl sites for hydroxylation is 2. The molecule has 0 bridgehead atoms. The van der Waals surface area contributed by atoms with Crippen molar-refractivity contribution in [3.8, 4) is 0 Å². The van der Waals surface area contributed by atoms with Gasteiger partial charge in [0.2, 0.25) is 11.8 Å². The maximum atomic E-state index is 12.0. The number of anilines is 1. The van der Waals surface area contributed by atoms with Gasteiger partial charge in [-0.2, -0.15) is 0 Å². The average Bonchev–Trinajstić information content (AvgIpc) is 2.47. The number of amides is 2. The molecule has 1 aliphatic rings. The first-order valence-electron chi connectivity index (χ1n) is 6.13. The van der Waals surface area contributed by atoms with Gasteiger partial charge in [-0.3, -0.25) is 14.5 Å². The molecule has 0 N–H and O–H groups in total. The van der Waals surface area contributed by atoms with E-state index in [1.54, 1.807) is 0 Å². The van der Waals surface area contributed by atoms with E-state index in [-0.39, 0.29) is 11.8 Å². The predicted octanol–water partition coefficient (Wildman–Crippen LogP) is 3.50. The van der Waals surface area contributed by atoms with E-state index in [1.165, 1.54) is 4.90 Å². The van der Waals surface area contributed by atoms with Gasteiger partial charge < -0.3 is 0 Å². The standard InChI is InChI=1S/C14H16BrNO2/c1-9-7-11(8-10(2)14(9)15)16-12(17)5-3-4-6-13(16)18/h7-8H,3-6H2,1-2H3. The number of carbonyl (C=O) groups excluding carboxylic acids is 2. The lowest BCUT2D eigenvalue weighted by Crippen LogP contribution is -2.35. The molecule has 0 aliphatic carbocycles. The number of carbonyl (C=O) groups is 2. The molecule has 96 valence electrons. The minimum absolute atomic E-state index is 0.0846. The normalized spacial score (nSPS) is 16.9. The van der Waals surface area contributed by atoms with Gasteiger partial charge in [0.15, 0.2) is 0 Å². The van der Waals surface area contributed by atoms with Crippen LogP contribution in [0.1, 0.15) is 36.8 Å². The van der Waals surface area contributed by atoms with Crippen LogP contribution in [0.3, 0.4) is 0 Å². The van der Waals surface area contributed by atoms with Crippen molar-refractivity contribution in [2.24, 2.45) is 0 Å². The summed E-state index contributed by atoms with van der Waals surface area (Å²) in [4.78, 5) is 25.4. The zero-order valence-electron chi connectivity index (χ0n) is 10.6. The predicted molar refractivity (Wildman–Crippen MR) is 74.6 cm³/mol. The summed E-state index contributed by atoms with van der Waals surface area (Å²) in [6, 6.07) is 3.77. The van der Waals surface area contributed by atoms with Crippen molar-refractivity contribution < 1.29 is 9.59 Å². The third-order valence-corrected chi connectivity index (χ3v) is 4.46. The summed E-state index contributed by atoms with van der Waals surface area (Å²) in [5.74, 6) is -0.169. The quantitative estimate of drug-likeness (QED) is 0.745. The SMILES string of the molecule is Cc1cc(N2C(=O)CCCCC2=O)cc(C)c1Br. The van der Waals surface area contributed by atoms with Crippen molar-refractivity contribution in [2.75, 3.05) is 4.90 Å². The van der Waals surface area contributed by atoms with Crippen LogP contribution in [0.2, 0.25) is 0 Å². The van der Waals surface area contributed by atoms with Crippen molar-refractivity contribution in [1.82, 2.24) is 0 Å². The lowest BCUT2D eigenvalue weighted by Gasteiger charge is -2.20. The molecule has 18 heavy (non-hydrogen) atoms. The molecule has 1 aromatic rings. The van der Waals surface area contributed by atoms with Crippen LogP contribution in [0.15, 0.2) is 16.6 Å². The lowest BCUT2D eigenvalue weighted by atomic mass is 10.1. The molecule has 0 radical (unpaired) electrons. The van der Waals surface area contributed by atoms with E-state index in [0.717, 1.165) is 28.4 Å². The smallest absolute Gasteiger partial charge is 0.233 e. The van der Waals surface area contributed by atoms with E-state index < -0.39 is 0 Å². The van der Waals surface area contributed by atoms with Crippen molar-refractivity contribution in [1.29, 1.82) is 0 Å². The molecule has 1 saturated heterocycles. The lowest BCUT2D eigenvalue weighted by molar-refractivity contribution is -0.125. The molecule has 1 fully saturated rings. The third-order valence-electron chi connectivity index (χ3n) is 3.21. The highest BCUT2D eigenvalue weighted by molar-refractivity contribution is 9.10. The maximum Gasteiger partial charge on any atom is 0.233 e. The second kappa shape index (κ2) is 5.22. The van der Waals surface area contributed by atoms with E-state index in [9.17, 15) is 9.59 Å². The number of rotatable bonds is 1. The van der Waals surface area contributed by atoms with Gasteiger partial charge >= 0.3 is 0 Å². The topological polar surface area (TPSA) is 37.4 Å². The van der Waals surface area contributed by atoms with Gasteiger partial charge in [-0.1, -0.05) is 15.9 Å². The summed E-state index contributed by atoms with van der Waals surface area (Å²) in [7, 11) is 0. The van der Waals surface area contributed by atoms with Gasteiger partial charge in [0.1, 0.15) is 0 Å². The Hall–Kier alpha value is -1.16. The third kappa shape index (κ3) is 2.48. The number of benzene rings is 1. The van der Waals surface area contributed by atoms with E-state index in [1.807, 2.05) is 26.0 Å². The highest BCUT2D eigenvalue weighted by atomic mass is 79.9. The Morgan fingerprint density at radius 3 is 1.89 bits per heavy atom.